The van der Waals surface area contributed by atoms with Crippen LogP contribution in [0, 0.1) is 0 Å². The molecule has 130 valence electrons. The lowest BCUT2D eigenvalue weighted by Crippen LogP contribution is -2.42. The summed E-state index contributed by atoms with van der Waals surface area (Å²) in [5.74, 6) is 0.353. The predicted octanol–water partition coefficient (Wildman–Crippen LogP) is 3.32. The molecule has 0 N–H and O–H groups in total. The maximum atomic E-state index is 12.1. The number of amides is 1. The number of hydrogen-bond acceptors (Lipinski definition) is 4. The van der Waals surface area contributed by atoms with E-state index in [9.17, 15) is 9.59 Å². The summed E-state index contributed by atoms with van der Waals surface area (Å²) in [4.78, 5) is 25.2. The summed E-state index contributed by atoms with van der Waals surface area (Å²) in [6.45, 7) is 1.65. The van der Waals surface area contributed by atoms with Gasteiger partial charge in [0.2, 0.25) is 0 Å². The molecule has 1 saturated carbocycles. The number of carbonyl (C=O) groups is 2. The number of nitrogens with zero attached hydrogens (tertiary/aromatic N) is 1. The van der Waals surface area contributed by atoms with Gasteiger partial charge < -0.3 is 14.4 Å². The van der Waals surface area contributed by atoms with Crippen LogP contribution in [0.25, 0.3) is 0 Å². The fourth-order valence-corrected chi connectivity index (χ4v) is 3.31. The zero-order valence-electron chi connectivity index (χ0n) is 14.0. The first-order chi connectivity index (χ1) is 11.7. The number of likely N-dealkylation sites (tertiary alicyclic amines) is 1. The molecule has 1 heterocycles. The van der Waals surface area contributed by atoms with Crippen LogP contribution in [0.3, 0.4) is 0 Å². The highest BCUT2D eigenvalue weighted by Crippen LogP contribution is 2.23. The molecule has 2 fully saturated rings. The average molecular weight is 331 g/mol. The molecule has 1 aromatic carbocycles. The summed E-state index contributed by atoms with van der Waals surface area (Å²) >= 11 is 0. The van der Waals surface area contributed by atoms with Gasteiger partial charge in [0.05, 0.1) is 12.2 Å². The van der Waals surface area contributed by atoms with Gasteiger partial charge in [-0.3, -0.25) is 4.79 Å². The van der Waals surface area contributed by atoms with Crippen molar-refractivity contribution in [3.8, 4) is 0 Å². The summed E-state index contributed by atoms with van der Waals surface area (Å²) in [6.07, 6.45) is 4.82. The summed E-state index contributed by atoms with van der Waals surface area (Å²) in [5, 5.41) is 0. The third-order valence-electron chi connectivity index (χ3n) is 4.78. The normalized spacial score (nSPS) is 20.2. The molecule has 1 saturated heterocycles. The first kappa shape index (κ1) is 17.0. The van der Waals surface area contributed by atoms with E-state index in [2.05, 4.69) is 0 Å². The van der Waals surface area contributed by atoms with Crippen molar-refractivity contribution in [3.05, 3.63) is 35.9 Å². The van der Waals surface area contributed by atoms with E-state index in [1.165, 1.54) is 0 Å². The number of piperidine rings is 1. The van der Waals surface area contributed by atoms with E-state index in [1.54, 1.807) is 4.90 Å². The largest absolute Gasteiger partial charge is 0.445 e. The number of Topliss-reactive ketones (excluding diaryl/α,β-unsaturated/α-hetero) is 1. The average Bonchev–Trinajstić information content (AvgIpc) is 2.63. The molecule has 1 aromatic rings. The molecule has 5 nitrogen and oxygen atoms in total. The summed E-state index contributed by atoms with van der Waals surface area (Å²) < 4.78 is 11.5. The fraction of sp³-hybridized carbons (Fsp3) is 0.579. The standard InChI is InChI=1S/C19H25NO4/c21-16-6-8-17(9-7-16)24-18-10-12-20(13-11-18)19(22)23-14-15-4-2-1-3-5-15/h1-5,17-18H,6-14H2. The fourth-order valence-electron chi connectivity index (χ4n) is 3.31. The Morgan fingerprint density at radius 1 is 1.00 bits per heavy atom. The van der Waals surface area contributed by atoms with E-state index in [0.717, 1.165) is 31.2 Å². The number of hydrogen-bond donors (Lipinski definition) is 0. The van der Waals surface area contributed by atoms with Crippen LogP contribution in [0.5, 0.6) is 0 Å². The maximum Gasteiger partial charge on any atom is 0.410 e. The Morgan fingerprint density at radius 2 is 1.62 bits per heavy atom. The van der Waals surface area contributed by atoms with Crippen molar-refractivity contribution in [3.63, 3.8) is 0 Å². The monoisotopic (exact) mass is 331 g/mol. The Kier molecular flexibility index (Phi) is 5.86. The highest BCUT2D eigenvalue weighted by molar-refractivity contribution is 5.79. The van der Waals surface area contributed by atoms with Gasteiger partial charge in [-0.2, -0.15) is 0 Å². The highest BCUT2D eigenvalue weighted by Gasteiger charge is 2.27. The molecule has 1 amide bonds. The van der Waals surface area contributed by atoms with E-state index in [4.69, 9.17) is 9.47 Å². The third kappa shape index (κ3) is 4.81. The molecule has 1 aliphatic heterocycles. The first-order valence-corrected chi connectivity index (χ1v) is 8.83. The Labute approximate surface area is 142 Å². The van der Waals surface area contributed by atoms with Gasteiger partial charge in [0.1, 0.15) is 12.4 Å². The van der Waals surface area contributed by atoms with Crippen molar-refractivity contribution in [1.82, 2.24) is 4.90 Å². The minimum absolute atomic E-state index is 0.196. The van der Waals surface area contributed by atoms with E-state index in [1.807, 2.05) is 30.3 Å². The minimum atomic E-state index is -0.249. The van der Waals surface area contributed by atoms with Crippen molar-refractivity contribution in [1.29, 1.82) is 0 Å². The van der Waals surface area contributed by atoms with Gasteiger partial charge in [-0.05, 0) is 31.2 Å². The number of ketones is 1. The molecule has 1 aliphatic carbocycles. The predicted molar refractivity (Wildman–Crippen MR) is 89.6 cm³/mol. The minimum Gasteiger partial charge on any atom is -0.445 e. The van der Waals surface area contributed by atoms with Gasteiger partial charge in [0.15, 0.2) is 0 Å². The number of rotatable bonds is 4. The van der Waals surface area contributed by atoms with Crippen LogP contribution in [0.4, 0.5) is 4.79 Å². The lowest BCUT2D eigenvalue weighted by atomic mass is 9.96. The molecule has 0 atom stereocenters. The molecule has 0 spiro atoms. The van der Waals surface area contributed by atoms with Crippen LogP contribution in [-0.2, 0) is 20.9 Å². The molecular weight excluding hydrogens is 306 g/mol. The van der Waals surface area contributed by atoms with Crippen molar-refractivity contribution in [2.75, 3.05) is 13.1 Å². The molecule has 0 unspecified atom stereocenters. The second kappa shape index (κ2) is 8.29. The third-order valence-corrected chi connectivity index (χ3v) is 4.78. The molecule has 5 heteroatoms. The quantitative estimate of drug-likeness (QED) is 0.849. The van der Waals surface area contributed by atoms with Crippen molar-refractivity contribution < 1.29 is 19.1 Å². The van der Waals surface area contributed by atoms with Crippen LogP contribution >= 0.6 is 0 Å². The van der Waals surface area contributed by atoms with Crippen LogP contribution in [0.2, 0.25) is 0 Å². The smallest absolute Gasteiger partial charge is 0.410 e. The second-order valence-corrected chi connectivity index (χ2v) is 6.60. The zero-order valence-corrected chi connectivity index (χ0v) is 14.0. The molecule has 3 rings (SSSR count). The van der Waals surface area contributed by atoms with Gasteiger partial charge in [-0.1, -0.05) is 30.3 Å². The lowest BCUT2D eigenvalue weighted by Gasteiger charge is -2.34. The highest BCUT2D eigenvalue weighted by atomic mass is 16.6. The van der Waals surface area contributed by atoms with Gasteiger partial charge in [-0.25, -0.2) is 4.79 Å². The van der Waals surface area contributed by atoms with Gasteiger partial charge in [0.25, 0.3) is 0 Å². The number of ether oxygens (including phenoxy) is 2. The summed E-state index contributed by atoms with van der Waals surface area (Å²) in [5.41, 5.74) is 0.996. The van der Waals surface area contributed by atoms with Crippen molar-refractivity contribution >= 4 is 11.9 Å². The molecule has 2 aliphatic rings. The Morgan fingerprint density at radius 3 is 2.29 bits per heavy atom. The molecule has 0 bridgehead atoms. The summed E-state index contributed by atoms with van der Waals surface area (Å²) in [6, 6.07) is 9.71. The van der Waals surface area contributed by atoms with E-state index >= 15 is 0 Å². The maximum absolute atomic E-state index is 12.1. The van der Waals surface area contributed by atoms with E-state index in [0.29, 0.717) is 38.3 Å². The Bertz CT molecular complexity index is 542. The second-order valence-electron chi connectivity index (χ2n) is 6.60. The molecule has 24 heavy (non-hydrogen) atoms. The topological polar surface area (TPSA) is 55.8 Å². The molecular formula is C19H25NO4. The Hall–Kier alpha value is -1.88. The van der Waals surface area contributed by atoms with Gasteiger partial charge in [-0.15, -0.1) is 0 Å². The Balaban J connectivity index is 1.37. The lowest BCUT2D eigenvalue weighted by molar-refractivity contribution is -0.125. The van der Waals surface area contributed by atoms with Crippen LogP contribution in [-0.4, -0.2) is 42.1 Å². The van der Waals surface area contributed by atoms with E-state index in [-0.39, 0.29) is 18.3 Å². The van der Waals surface area contributed by atoms with Crippen LogP contribution in [0.1, 0.15) is 44.1 Å². The SMILES string of the molecule is O=C1CCC(OC2CCN(C(=O)OCc3ccccc3)CC2)CC1. The van der Waals surface area contributed by atoms with Crippen molar-refractivity contribution in [2.24, 2.45) is 0 Å². The van der Waals surface area contributed by atoms with E-state index < -0.39 is 0 Å². The van der Waals surface area contributed by atoms with Crippen LogP contribution < -0.4 is 0 Å². The molecule has 0 aromatic heterocycles. The van der Waals surface area contributed by atoms with Gasteiger partial charge in [0, 0.05) is 25.9 Å². The zero-order chi connectivity index (χ0) is 16.8. The first-order valence-electron chi connectivity index (χ1n) is 8.83. The van der Waals surface area contributed by atoms with Crippen molar-refractivity contribution in [2.45, 2.75) is 57.3 Å². The molecule has 0 radical (unpaired) electrons. The van der Waals surface area contributed by atoms with Gasteiger partial charge >= 0.3 is 6.09 Å². The number of carbonyl (C=O) groups excluding carboxylic acids is 2. The van der Waals surface area contributed by atoms with Crippen LogP contribution in [0.15, 0.2) is 30.3 Å². The summed E-state index contributed by atoms with van der Waals surface area (Å²) in [7, 11) is 0. The number of benzene rings is 1.